The summed E-state index contributed by atoms with van der Waals surface area (Å²) in [6.07, 6.45) is 1.16. The Labute approximate surface area is 104 Å². The van der Waals surface area contributed by atoms with Crippen molar-refractivity contribution in [2.24, 2.45) is 0 Å². The summed E-state index contributed by atoms with van der Waals surface area (Å²) in [6.45, 7) is 1.16. The second-order valence-electron chi connectivity index (χ2n) is 3.57. The van der Waals surface area contributed by atoms with Gasteiger partial charge in [-0.1, -0.05) is 17.7 Å². The Morgan fingerprint density at radius 1 is 1.50 bits per heavy atom. The van der Waals surface area contributed by atoms with Gasteiger partial charge < -0.3 is 15.2 Å². The van der Waals surface area contributed by atoms with E-state index in [4.69, 9.17) is 26.8 Å². The van der Waals surface area contributed by atoms with Crippen LogP contribution in [0.15, 0.2) is 23.1 Å². The molecule has 0 aliphatic carbocycles. The number of nitrogen functional groups attached to an aromatic ring is 1. The topological polar surface area (TPSA) is 44.5 Å². The zero-order valence-corrected chi connectivity index (χ0v) is 10.4. The van der Waals surface area contributed by atoms with Crippen molar-refractivity contribution in [2.45, 2.75) is 17.4 Å². The minimum atomic E-state index is 0.231. The SMILES string of the molecule is Nc1cccc(Cl)c1SCC1CCOCO1. The first kappa shape index (κ1) is 12.0. The Morgan fingerprint density at radius 2 is 2.38 bits per heavy atom. The molecule has 2 rings (SSSR count). The van der Waals surface area contributed by atoms with Gasteiger partial charge in [-0.2, -0.15) is 0 Å². The number of nitrogens with two attached hydrogens (primary N) is 1. The van der Waals surface area contributed by atoms with Crippen LogP contribution < -0.4 is 5.73 Å². The minimum Gasteiger partial charge on any atom is -0.398 e. The van der Waals surface area contributed by atoms with E-state index in [-0.39, 0.29) is 6.10 Å². The van der Waals surface area contributed by atoms with Gasteiger partial charge in [0.05, 0.1) is 17.7 Å². The molecule has 16 heavy (non-hydrogen) atoms. The van der Waals surface area contributed by atoms with Crippen LogP contribution in [-0.2, 0) is 9.47 Å². The van der Waals surface area contributed by atoms with Gasteiger partial charge in [0.2, 0.25) is 0 Å². The summed E-state index contributed by atoms with van der Waals surface area (Å²) >= 11 is 7.72. The number of anilines is 1. The lowest BCUT2D eigenvalue weighted by Gasteiger charge is -2.22. The number of thioether (sulfide) groups is 1. The highest BCUT2D eigenvalue weighted by Gasteiger charge is 2.15. The van der Waals surface area contributed by atoms with Crippen LogP contribution in [0.5, 0.6) is 0 Å². The number of hydrogen-bond acceptors (Lipinski definition) is 4. The van der Waals surface area contributed by atoms with E-state index in [1.807, 2.05) is 18.2 Å². The molecule has 5 heteroatoms. The molecule has 1 aliphatic rings. The minimum absolute atomic E-state index is 0.231. The largest absolute Gasteiger partial charge is 0.398 e. The predicted molar refractivity (Wildman–Crippen MR) is 66.9 cm³/mol. The fraction of sp³-hybridized carbons (Fsp3) is 0.455. The summed E-state index contributed by atoms with van der Waals surface area (Å²) in [5.41, 5.74) is 6.59. The van der Waals surface area contributed by atoms with Gasteiger partial charge >= 0.3 is 0 Å². The predicted octanol–water partition coefficient (Wildman–Crippen LogP) is 2.78. The van der Waals surface area contributed by atoms with Crippen molar-refractivity contribution in [3.8, 4) is 0 Å². The fourth-order valence-corrected chi connectivity index (χ4v) is 2.89. The Hall–Kier alpha value is -0.420. The van der Waals surface area contributed by atoms with Crippen LogP contribution in [0.4, 0.5) is 5.69 Å². The maximum Gasteiger partial charge on any atom is 0.147 e. The maximum absolute atomic E-state index is 6.08. The molecular weight excluding hydrogens is 246 g/mol. The fourth-order valence-electron chi connectivity index (χ4n) is 1.49. The van der Waals surface area contributed by atoms with Crippen LogP contribution in [0.1, 0.15) is 6.42 Å². The molecule has 1 atom stereocenters. The number of benzene rings is 1. The van der Waals surface area contributed by atoms with Crippen molar-refractivity contribution < 1.29 is 9.47 Å². The number of halogens is 1. The summed E-state index contributed by atoms with van der Waals surface area (Å²) < 4.78 is 10.6. The van der Waals surface area contributed by atoms with Gasteiger partial charge in [0, 0.05) is 16.3 Å². The molecule has 1 unspecified atom stereocenters. The molecule has 1 aromatic carbocycles. The van der Waals surface area contributed by atoms with Gasteiger partial charge in [0.1, 0.15) is 6.79 Å². The third-order valence-corrected chi connectivity index (χ3v) is 4.09. The zero-order chi connectivity index (χ0) is 11.4. The van der Waals surface area contributed by atoms with E-state index < -0.39 is 0 Å². The maximum atomic E-state index is 6.08. The average molecular weight is 260 g/mol. The Bertz CT molecular complexity index is 336. The molecule has 0 spiro atoms. The van der Waals surface area contributed by atoms with Gasteiger partial charge in [0.15, 0.2) is 0 Å². The van der Waals surface area contributed by atoms with E-state index >= 15 is 0 Å². The Morgan fingerprint density at radius 3 is 3.06 bits per heavy atom. The molecule has 0 aromatic heterocycles. The molecule has 0 amide bonds. The molecular formula is C11H14ClNO2S. The molecule has 0 radical (unpaired) electrons. The van der Waals surface area contributed by atoms with Crippen molar-refractivity contribution in [3.63, 3.8) is 0 Å². The summed E-state index contributed by atoms with van der Waals surface area (Å²) in [5.74, 6) is 0.858. The molecule has 1 aliphatic heterocycles. The molecule has 0 saturated carbocycles. The first-order valence-electron chi connectivity index (χ1n) is 5.13. The summed E-state index contributed by atoms with van der Waals surface area (Å²) in [4.78, 5) is 0.944. The summed E-state index contributed by atoms with van der Waals surface area (Å²) in [6, 6.07) is 5.57. The van der Waals surface area contributed by atoms with Crippen molar-refractivity contribution in [2.75, 3.05) is 24.9 Å². The first-order valence-corrected chi connectivity index (χ1v) is 6.50. The molecule has 1 heterocycles. The highest BCUT2D eigenvalue weighted by Crippen LogP contribution is 2.33. The van der Waals surface area contributed by atoms with E-state index in [9.17, 15) is 0 Å². The first-order chi connectivity index (χ1) is 7.77. The molecule has 3 nitrogen and oxygen atoms in total. The van der Waals surface area contributed by atoms with E-state index in [1.54, 1.807) is 11.8 Å². The quantitative estimate of drug-likeness (QED) is 0.670. The third-order valence-electron chi connectivity index (χ3n) is 2.38. The van der Waals surface area contributed by atoms with Crippen molar-refractivity contribution >= 4 is 29.1 Å². The normalized spacial score (nSPS) is 20.9. The second-order valence-corrected chi connectivity index (χ2v) is 5.01. The number of rotatable bonds is 3. The zero-order valence-electron chi connectivity index (χ0n) is 8.82. The Balaban J connectivity index is 1.93. The van der Waals surface area contributed by atoms with Crippen molar-refractivity contribution in [1.29, 1.82) is 0 Å². The average Bonchev–Trinajstić information content (AvgIpc) is 2.30. The molecule has 88 valence electrons. The second kappa shape index (κ2) is 5.77. The van der Waals surface area contributed by atoms with Crippen molar-refractivity contribution in [3.05, 3.63) is 23.2 Å². The van der Waals surface area contributed by atoms with Crippen LogP contribution in [0.2, 0.25) is 5.02 Å². The number of hydrogen-bond donors (Lipinski definition) is 1. The van der Waals surface area contributed by atoms with Crippen LogP contribution in [0.3, 0.4) is 0 Å². The smallest absolute Gasteiger partial charge is 0.147 e. The molecule has 1 aromatic rings. The summed E-state index contributed by atoms with van der Waals surface area (Å²) in [7, 11) is 0. The van der Waals surface area contributed by atoms with E-state index in [1.165, 1.54) is 0 Å². The van der Waals surface area contributed by atoms with Gasteiger partial charge in [-0.25, -0.2) is 0 Å². The van der Waals surface area contributed by atoms with Gasteiger partial charge in [0.25, 0.3) is 0 Å². The monoisotopic (exact) mass is 259 g/mol. The number of ether oxygens (including phenoxy) is 2. The van der Waals surface area contributed by atoms with Crippen molar-refractivity contribution in [1.82, 2.24) is 0 Å². The molecule has 0 bridgehead atoms. The van der Waals surface area contributed by atoms with Crippen LogP contribution in [-0.4, -0.2) is 25.3 Å². The molecule has 1 fully saturated rings. The van der Waals surface area contributed by atoms with Crippen LogP contribution >= 0.6 is 23.4 Å². The van der Waals surface area contributed by atoms with Crippen LogP contribution in [0.25, 0.3) is 0 Å². The van der Waals surface area contributed by atoms with Crippen LogP contribution in [0, 0.1) is 0 Å². The molecule has 2 N–H and O–H groups in total. The van der Waals surface area contributed by atoms with E-state index in [2.05, 4.69) is 0 Å². The van der Waals surface area contributed by atoms with E-state index in [0.29, 0.717) is 11.8 Å². The Kier molecular flexibility index (Phi) is 4.35. The van der Waals surface area contributed by atoms with Gasteiger partial charge in [-0.15, -0.1) is 11.8 Å². The highest BCUT2D eigenvalue weighted by molar-refractivity contribution is 7.99. The standard InChI is InChI=1S/C11H14ClNO2S/c12-9-2-1-3-10(13)11(9)16-6-8-4-5-14-7-15-8/h1-3,8H,4-7,13H2. The van der Waals surface area contributed by atoms with Gasteiger partial charge in [-0.05, 0) is 18.6 Å². The summed E-state index contributed by atoms with van der Waals surface area (Å²) in [5, 5.41) is 0.706. The molecule has 1 saturated heterocycles. The lowest BCUT2D eigenvalue weighted by molar-refractivity contribution is -0.130. The highest BCUT2D eigenvalue weighted by atomic mass is 35.5. The third kappa shape index (κ3) is 3.04. The van der Waals surface area contributed by atoms with Gasteiger partial charge in [-0.3, -0.25) is 0 Å². The lowest BCUT2D eigenvalue weighted by Crippen LogP contribution is -2.25. The van der Waals surface area contributed by atoms with E-state index in [0.717, 1.165) is 29.4 Å². The lowest BCUT2D eigenvalue weighted by atomic mass is 10.3.